The molecule has 6 nitrogen and oxygen atoms in total. The van der Waals surface area contributed by atoms with Crippen molar-refractivity contribution in [1.29, 1.82) is 0 Å². The zero-order valence-electron chi connectivity index (χ0n) is 13.7. The highest BCUT2D eigenvalue weighted by molar-refractivity contribution is 5.76. The van der Waals surface area contributed by atoms with E-state index in [1.807, 2.05) is 19.2 Å². The number of methoxy groups -OCH3 is 1. The summed E-state index contributed by atoms with van der Waals surface area (Å²) in [5, 5.41) is 14.8. The van der Waals surface area contributed by atoms with E-state index < -0.39 is 6.10 Å². The molecular formula is C16H27N3O3. The molecule has 2 rings (SSSR count). The van der Waals surface area contributed by atoms with Gasteiger partial charge in [0, 0.05) is 33.3 Å². The summed E-state index contributed by atoms with van der Waals surface area (Å²) >= 11 is 0. The summed E-state index contributed by atoms with van der Waals surface area (Å²) in [6, 6.07) is 1.76. The fourth-order valence-electron chi connectivity index (χ4n) is 3.13. The molecule has 0 unspecified atom stereocenters. The van der Waals surface area contributed by atoms with Gasteiger partial charge in [0.25, 0.3) is 0 Å². The molecule has 1 heterocycles. The van der Waals surface area contributed by atoms with Crippen LogP contribution in [-0.2, 0) is 16.1 Å². The number of likely N-dealkylation sites (N-methyl/N-ethyl adjacent to an activating group) is 1. The summed E-state index contributed by atoms with van der Waals surface area (Å²) in [7, 11) is 3.40. The van der Waals surface area contributed by atoms with E-state index in [1.165, 1.54) is 0 Å². The number of rotatable bonds is 5. The van der Waals surface area contributed by atoms with Crippen LogP contribution >= 0.6 is 0 Å². The molecule has 0 saturated heterocycles. The minimum Gasteiger partial charge on any atom is -0.388 e. The Morgan fingerprint density at radius 2 is 2.23 bits per heavy atom. The monoisotopic (exact) mass is 309 g/mol. The molecule has 1 aliphatic rings. The van der Waals surface area contributed by atoms with E-state index in [9.17, 15) is 9.90 Å². The first-order chi connectivity index (χ1) is 10.5. The van der Waals surface area contributed by atoms with Gasteiger partial charge >= 0.3 is 0 Å². The zero-order valence-corrected chi connectivity index (χ0v) is 13.7. The average Bonchev–Trinajstić information content (AvgIpc) is 2.83. The van der Waals surface area contributed by atoms with E-state index in [1.54, 1.807) is 23.7 Å². The summed E-state index contributed by atoms with van der Waals surface area (Å²) < 4.78 is 7.15. The molecule has 1 saturated carbocycles. The predicted molar refractivity (Wildman–Crippen MR) is 83.4 cm³/mol. The van der Waals surface area contributed by atoms with Crippen molar-refractivity contribution in [2.45, 2.75) is 63.8 Å². The van der Waals surface area contributed by atoms with Crippen molar-refractivity contribution in [2.24, 2.45) is 0 Å². The van der Waals surface area contributed by atoms with Gasteiger partial charge in [0.15, 0.2) is 0 Å². The van der Waals surface area contributed by atoms with Gasteiger partial charge in [0.2, 0.25) is 5.91 Å². The molecule has 0 bridgehead atoms. The zero-order chi connectivity index (χ0) is 16.1. The predicted octanol–water partition coefficient (Wildman–Crippen LogP) is 1.36. The van der Waals surface area contributed by atoms with Crippen molar-refractivity contribution in [1.82, 2.24) is 14.7 Å². The molecule has 3 atom stereocenters. The fraction of sp³-hybridized carbons (Fsp3) is 0.750. The van der Waals surface area contributed by atoms with Gasteiger partial charge < -0.3 is 14.7 Å². The van der Waals surface area contributed by atoms with Gasteiger partial charge in [0.05, 0.1) is 17.8 Å². The molecule has 0 spiro atoms. The van der Waals surface area contributed by atoms with Crippen LogP contribution in [0, 0.1) is 6.92 Å². The molecule has 1 N–H and O–H groups in total. The molecule has 0 aliphatic heterocycles. The van der Waals surface area contributed by atoms with Crippen LogP contribution in [0.5, 0.6) is 0 Å². The van der Waals surface area contributed by atoms with Crippen molar-refractivity contribution >= 4 is 5.91 Å². The molecule has 1 aliphatic carbocycles. The first-order valence-corrected chi connectivity index (χ1v) is 7.99. The Bertz CT molecular complexity index is 489. The summed E-state index contributed by atoms with van der Waals surface area (Å²) in [5.74, 6) is 0.0361. The standard InChI is InChI=1S/C16H27N3O3/c1-12-8-10-19(17-12)11-9-15(20)18(2)13-6-4-5-7-14(22-3)16(13)21/h8,10,13-14,16,21H,4-7,9,11H2,1-3H3/t13-,14-,16-/m1/s1. The highest BCUT2D eigenvalue weighted by atomic mass is 16.5. The number of hydrogen-bond acceptors (Lipinski definition) is 4. The van der Waals surface area contributed by atoms with Crippen LogP contribution in [0.4, 0.5) is 0 Å². The number of nitrogens with zero attached hydrogens (tertiary/aromatic N) is 3. The third-order valence-corrected chi connectivity index (χ3v) is 4.54. The van der Waals surface area contributed by atoms with Crippen molar-refractivity contribution in [3.63, 3.8) is 0 Å². The molecule has 1 fully saturated rings. The molecule has 1 aromatic heterocycles. The van der Waals surface area contributed by atoms with Crippen LogP contribution < -0.4 is 0 Å². The van der Waals surface area contributed by atoms with Gasteiger partial charge in [0.1, 0.15) is 6.10 Å². The van der Waals surface area contributed by atoms with E-state index in [4.69, 9.17) is 4.74 Å². The maximum absolute atomic E-state index is 12.4. The van der Waals surface area contributed by atoms with Crippen LogP contribution in [0.1, 0.15) is 37.8 Å². The van der Waals surface area contributed by atoms with Gasteiger partial charge in [-0.25, -0.2) is 0 Å². The molecule has 0 radical (unpaired) electrons. The van der Waals surface area contributed by atoms with Crippen molar-refractivity contribution in [3.05, 3.63) is 18.0 Å². The minimum atomic E-state index is -0.617. The maximum Gasteiger partial charge on any atom is 0.224 e. The third-order valence-electron chi connectivity index (χ3n) is 4.54. The fourth-order valence-corrected chi connectivity index (χ4v) is 3.13. The largest absolute Gasteiger partial charge is 0.388 e. The lowest BCUT2D eigenvalue weighted by atomic mass is 10.0. The average molecular weight is 309 g/mol. The number of carbonyl (C=O) groups excluding carboxylic acids is 1. The first kappa shape index (κ1) is 17.0. The lowest BCUT2D eigenvalue weighted by Gasteiger charge is -2.33. The Hall–Kier alpha value is -1.40. The third kappa shape index (κ3) is 4.08. The lowest BCUT2D eigenvalue weighted by molar-refractivity contribution is -0.137. The Morgan fingerprint density at radius 3 is 2.86 bits per heavy atom. The Labute approximate surface area is 132 Å². The Kier molecular flexibility index (Phi) is 5.97. The minimum absolute atomic E-state index is 0.0361. The highest BCUT2D eigenvalue weighted by Gasteiger charge is 2.34. The second-order valence-electron chi connectivity index (χ2n) is 6.09. The molecule has 22 heavy (non-hydrogen) atoms. The molecule has 6 heteroatoms. The number of carbonyl (C=O) groups is 1. The molecule has 1 aromatic rings. The number of hydrogen-bond donors (Lipinski definition) is 1. The van der Waals surface area contributed by atoms with Crippen LogP contribution in [-0.4, -0.2) is 58.1 Å². The second-order valence-corrected chi connectivity index (χ2v) is 6.09. The topological polar surface area (TPSA) is 67.6 Å². The summed E-state index contributed by atoms with van der Waals surface area (Å²) in [6.45, 7) is 2.49. The van der Waals surface area contributed by atoms with Gasteiger partial charge in [-0.15, -0.1) is 0 Å². The first-order valence-electron chi connectivity index (χ1n) is 7.99. The Morgan fingerprint density at radius 1 is 1.50 bits per heavy atom. The maximum atomic E-state index is 12.4. The van der Waals surface area contributed by atoms with Gasteiger partial charge in [-0.3, -0.25) is 9.48 Å². The Balaban J connectivity index is 1.93. The van der Waals surface area contributed by atoms with E-state index in [2.05, 4.69) is 5.10 Å². The van der Waals surface area contributed by atoms with E-state index in [0.717, 1.165) is 31.4 Å². The van der Waals surface area contributed by atoms with Crippen LogP contribution in [0.15, 0.2) is 12.3 Å². The smallest absolute Gasteiger partial charge is 0.224 e. The number of aliphatic hydroxyl groups excluding tert-OH is 1. The van der Waals surface area contributed by atoms with Crippen molar-refractivity contribution in [3.8, 4) is 0 Å². The lowest BCUT2D eigenvalue weighted by Crippen LogP contribution is -2.49. The van der Waals surface area contributed by atoms with Crippen molar-refractivity contribution in [2.75, 3.05) is 14.2 Å². The second kappa shape index (κ2) is 7.74. The van der Waals surface area contributed by atoms with Crippen molar-refractivity contribution < 1.29 is 14.6 Å². The highest BCUT2D eigenvalue weighted by Crippen LogP contribution is 2.24. The van der Waals surface area contributed by atoms with E-state index in [-0.39, 0.29) is 18.1 Å². The van der Waals surface area contributed by atoms with Crippen LogP contribution in [0.2, 0.25) is 0 Å². The summed E-state index contributed by atoms with van der Waals surface area (Å²) in [4.78, 5) is 14.1. The molecular weight excluding hydrogens is 282 g/mol. The van der Waals surface area contributed by atoms with Crippen LogP contribution in [0.25, 0.3) is 0 Å². The number of aliphatic hydroxyl groups is 1. The van der Waals surface area contributed by atoms with E-state index >= 15 is 0 Å². The summed E-state index contributed by atoms with van der Waals surface area (Å²) in [5.41, 5.74) is 0.947. The van der Waals surface area contributed by atoms with Gasteiger partial charge in [-0.2, -0.15) is 5.10 Å². The normalized spacial score (nSPS) is 25.7. The van der Waals surface area contributed by atoms with Gasteiger partial charge in [-0.05, 0) is 25.8 Å². The molecule has 1 amide bonds. The molecule has 124 valence electrons. The summed E-state index contributed by atoms with van der Waals surface area (Å²) in [6.07, 6.45) is 5.18. The quantitative estimate of drug-likeness (QED) is 0.834. The van der Waals surface area contributed by atoms with Crippen LogP contribution in [0.3, 0.4) is 0 Å². The number of aromatic nitrogens is 2. The van der Waals surface area contributed by atoms with E-state index in [0.29, 0.717) is 13.0 Å². The molecule has 0 aromatic carbocycles. The number of amides is 1. The SMILES string of the molecule is CO[C@@H]1CCCC[C@@H](N(C)C(=O)CCn2ccc(C)n2)[C@H]1O. The number of ether oxygens (including phenoxy) is 1. The number of aryl methyl sites for hydroxylation is 2. The van der Waals surface area contributed by atoms with Gasteiger partial charge in [-0.1, -0.05) is 12.8 Å².